The highest BCUT2D eigenvalue weighted by atomic mass is 32.2. The van der Waals surface area contributed by atoms with Gasteiger partial charge in [0.2, 0.25) is 0 Å². The fourth-order valence-corrected chi connectivity index (χ4v) is 3.18. The van der Waals surface area contributed by atoms with Gasteiger partial charge in [-0.3, -0.25) is 4.31 Å². The molecule has 0 N–H and O–H groups in total. The van der Waals surface area contributed by atoms with Crippen molar-refractivity contribution in [2.45, 2.75) is 93.4 Å². The normalized spacial score (nSPS) is 12.0. The third-order valence-electron chi connectivity index (χ3n) is 4.36. The Hall–Kier alpha value is -0.470. The molecule has 0 aliphatic carbocycles. The second-order valence-corrected chi connectivity index (χ2v) is 7.99. The third kappa shape index (κ3) is 11.0. The molecule has 1 nitrogen and oxygen atoms in total. The van der Waals surface area contributed by atoms with Crippen LogP contribution in [0.2, 0.25) is 0 Å². The van der Waals surface area contributed by atoms with Gasteiger partial charge in [-0.2, -0.15) is 0 Å². The molecule has 0 heterocycles. The molecule has 0 aliphatic rings. The molecule has 0 aromatic heterocycles. The summed E-state index contributed by atoms with van der Waals surface area (Å²) in [5.74, 6) is 1.78. The van der Waals surface area contributed by atoms with E-state index in [2.05, 4.69) is 84.0 Å². The van der Waals surface area contributed by atoms with Crippen molar-refractivity contribution in [3.63, 3.8) is 0 Å². The number of nitrogens with zero attached hydrogens (tertiary/aromatic N) is 1. The van der Waals surface area contributed by atoms with E-state index < -0.39 is 0 Å². The maximum absolute atomic E-state index is 2.42. The van der Waals surface area contributed by atoms with Crippen LogP contribution in [-0.2, 0) is 5.41 Å². The van der Waals surface area contributed by atoms with Gasteiger partial charge < -0.3 is 0 Å². The van der Waals surface area contributed by atoms with Gasteiger partial charge in [0.05, 0.1) is 0 Å². The molecule has 0 saturated carbocycles. The Kier molecular flexibility index (Phi) is 16.9. The summed E-state index contributed by atoms with van der Waals surface area (Å²) in [6.45, 7) is 24.2. The van der Waals surface area contributed by atoms with Crippen LogP contribution in [0.1, 0.15) is 99.1 Å². The van der Waals surface area contributed by atoms with Crippen molar-refractivity contribution in [2.24, 2.45) is 0 Å². The van der Waals surface area contributed by atoms with E-state index in [-0.39, 0.29) is 5.41 Å². The Morgan fingerprint density at radius 2 is 1.36 bits per heavy atom. The molecule has 0 saturated heterocycles. The van der Waals surface area contributed by atoms with Crippen LogP contribution < -0.4 is 0 Å². The van der Waals surface area contributed by atoms with E-state index in [4.69, 9.17) is 0 Å². The molecule has 0 aliphatic heterocycles. The van der Waals surface area contributed by atoms with Gasteiger partial charge in [-0.05, 0) is 28.9 Å². The molecule has 1 unspecified atom stereocenters. The fraction of sp³-hybridized carbons (Fsp3) is 0.739. The summed E-state index contributed by atoms with van der Waals surface area (Å²) in [6.07, 6.45) is 2.43. The molecule has 0 spiro atoms. The summed E-state index contributed by atoms with van der Waals surface area (Å²) in [6, 6.07) is 9.27. The van der Waals surface area contributed by atoms with Gasteiger partial charge in [0.25, 0.3) is 0 Å². The minimum Gasteiger partial charge on any atom is -0.251 e. The molecule has 1 rings (SSSR count). The van der Waals surface area contributed by atoms with Crippen LogP contribution in [-0.4, -0.2) is 23.1 Å². The smallest absolute Gasteiger partial charge is 0.0147 e. The van der Waals surface area contributed by atoms with Crippen molar-refractivity contribution in [1.29, 1.82) is 0 Å². The van der Waals surface area contributed by atoms with Crippen LogP contribution in [0.3, 0.4) is 0 Å². The highest BCUT2D eigenvalue weighted by Gasteiger charge is 2.18. The first-order valence-electron chi connectivity index (χ1n) is 10.3. The van der Waals surface area contributed by atoms with Crippen LogP contribution in [0.15, 0.2) is 24.3 Å². The minimum atomic E-state index is 0.289. The van der Waals surface area contributed by atoms with E-state index in [9.17, 15) is 0 Å². The Bertz CT molecular complexity index is 393. The zero-order chi connectivity index (χ0) is 19.9. The lowest BCUT2D eigenvalue weighted by Crippen LogP contribution is -2.16. The highest BCUT2D eigenvalue weighted by Crippen LogP contribution is 2.29. The highest BCUT2D eigenvalue weighted by molar-refractivity contribution is 7.97. The van der Waals surface area contributed by atoms with E-state index in [0.717, 1.165) is 18.8 Å². The van der Waals surface area contributed by atoms with Crippen LogP contribution in [0.5, 0.6) is 0 Å². The summed E-state index contributed by atoms with van der Waals surface area (Å²) in [7, 11) is 0. The Morgan fingerprint density at radius 1 is 0.920 bits per heavy atom. The van der Waals surface area contributed by atoms with E-state index in [1.165, 1.54) is 24.0 Å². The first-order valence-corrected chi connectivity index (χ1v) is 11.3. The van der Waals surface area contributed by atoms with Crippen LogP contribution in [0, 0.1) is 0 Å². The predicted octanol–water partition coefficient (Wildman–Crippen LogP) is 7.91. The lowest BCUT2D eigenvalue weighted by molar-refractivity contribution is 0.506. The molecule has 0 fully saturated rings. The van der Waals surface area contributed by atoms with E-state index in [1.54, 1.807) is 0 Å². The Morgan fingerprint density at radius 3 is 1.72 bits per heavy atom. The zero-order valence-electron chi connectivity index (χ0n) is 18.8. The first kappa shape index (κ1) is 26.8. The molecule has 0 bridgehead atoms. The quantitative estimate of drug-likeness (QED) is 0.429. The van der Waals surface area contributed by atoms with E-state index in [1.807, 2.05) is 25.8 Å². The second kappa shape index (κ2) is 15.8. The van der Waals surface area contributed by atoms with Crippen molar-refractivity contribution in [3.05, 3.63) is 35.4 Å². The van der Waals surface area contributed by atoms with Crippen molar-refractivity contribution in [1.82, 2.24) is 4.31 Å². The SMILES string of the molecule is CC.CCC.CCN(CC)SCC(C)c1ccc(C(C)(C)CC)cc1. The molecular weight excluding hydrogens is 322 g/mol. The average molecular weight is 368 g/mol. The standard InChI is InChI=1S/C18H31NS.C3H8.C2H6/c1-7-18(5,6)17-12-10-16(11-13-17)15(4)14-20-19(8-2)9-3;1-3-2;1-2/h10-13,15H,7-9,14H2,1-6H3;3H2,1-2H3;1-2H3. The predicted molar refractivity (Wildman–Crippen MR) is 121 cm³/mol. The van der Waals surface area contributed by atoms with Gasteiger partial charge in [0.1, 0.15) is 0 Å². The maximum Gasteiger partial charge on any atom is 0.0147 e. The Balaban J connectivity index is 0. The fourth-order valence-electron chi connectivity index (χ4n) is 2.19. The van der Waals surface area contributed by atoms with Crippen LogP contribution >= 0.6 is 11.9 Å². The van der Waals surface area contributed by atoms with Gasteiger partial charge in [0, 0.05) is 18.8 Å². The van der Waals surface area contributed by atoms with Crippen molar-refractivity contribution >= 4 is 11.9 Å². The summed E-state index contributed by atoms with van der Waals surface area (Å²) in [5, 5.41) is 0. The molecular formula is C23H45NS. The lowest BCUT2D eigenvalue weighted by atomic mass is 9.81. The van der Waals surface area contributed by atoms with Gasteiger partial charge >= 0.3 is 0 Å². The van der Waals surface area contributed by atoms with Crippen molar-refractivity contribution < 1.29 is 0 Å². The van der Waals surface area contributed by atoms with Gasteiger partial charge in [-0.25, -0.2) is 0 Å². The van der Waals surface area contributed by atoms with Gasteiger partial charge in [-0.15, -0.1) is 0 Å². The van der Waals surface area contributed by atoms with E-state index in [0.29, 0.717) is 5.92 Å². The minimum absolute atomic E-state index is 0.289. The molecule has 148 valence electrons. The molecule has 0 radical (unpaired) electrons. The van der Waals surface area contributed by atoms with Crippen LogP contribution in [0.4, 0.5) is 0 Å². The molecule has 0 amide bonds. The largest absolute Gasteiger partial charge is 0.251 e. The monoisotopic (exact) mass is 367 g/mol. The maximum atomic E-state index is 2.42. The topological polar surface area (TPSA) is 3.24 Å². The lowest BCUT2D eigenvalue weighted by Gasteiger charge is -2.24. The van der Waals surface area contributed by atoms with Crippen molar-refractivity contribution in [2.75, 3.05) is 18.8 Å². The number of rotatable bonds is 8. The molecule has 25 heavy (non-hydrogen) atoms. The number of benzene rings is 1. The molecule has 1 aromatic carbocycles. The summed E-state index contributed by atoms with van der Waals surface area (Å²) in [5.41, 5.74) is 3.20. The molecule has 1 aromatic rings. The summed E-state index contributed by atoms with van der Waals surface area (Å²) >= 11 is 1.97. The second-order valence-electron chi connectivity index (χ2n) is 6.88. The summed E-state index contributed by atoms with van der Waals surface area (Å²) in [4.78, 5) is 0. The first-order chi connectivity index (χ1) is 11.9. The van der Waals surface area contributed by atoms with Gasteiger partial charge in [0.15, 0.2) is 0 Å². The number of hydrogen-bond acceptors (Lipinski definition) is 2. The Labute approximate surface area is 164 Å². The van der Waals surface area contributed by atoms with Gasteiger partial charge in [-0.1, -0.05) is 112 Å². The summed E-state index contributed by atoms with van der Waals surface area (Å²) < 4.78 is 2.42. The average Bonchev–Trinajstić information content (AvgIpc) is 2.64. The van der Waals surface area contributed by atoms with E-state index >= 15 is 0 Å². The number of hydrogen-bond donors (Lipinski definition) is 0. The van der Waals surface area contributed by atoms with Crippen LogP contribution in [0.25, 0.3) is 0 Å². The molecule has 1 atom stereocenters. The third-order valence-corrected chi connectivity index (χ3v) is 5.89. The zero-order valence-corrected chi connectivity index (χ0v) is 19.6. The van der Waals surface area contributed by atoms with Crippen molar-refractivity contribution in [3.8, 4) is 0 Å². The molecule has 2 heteroatoms.